The number of halogens is 1. The number of nitrogens with one attached hydrogen (secondary N) is 1. The zero-order valence-electron chi connectivity index (χ0n) is 11.9. The van der Waals surface area contributed by atoms with Gasteiger partial charge < -0.3 is 10.1 Å². The molecule has 0 fully saturated rings. The molecule has 0 aliphatic rings. The van der Waals surface area contributed by atoms with Gasteiger partial charge in [-0.2, -0.15) is 9.37 Å². The van der Waals surface area contributed by atoms with Crippen LogP contribution in [-0.2, 0) is 0 Å². The third-order valence-corrected chi connectivity index (χ3v) is 2.94. The molecule has 0 aliphatic carbocycles. The van der Waals surface area contributed by atoms with Gasteiger partial charge in [0, 0.05) is 6.54 Å². The SMILES string of the molecule is CCCNc1ncc(F)c(Oc2ccc(C)c(C)c2)n1. The van der Waals surface area contributed by atoms with Crippen molar-refractivity contribution in [2.45, 2.75) is 27.2 Å². The first-order valence-electron chi connectivity index (χ1n) is 6.61. The summed E-state index contributed by atoms with van der Waals surface area (Å²) in [6, 6.07) is 5.58. The van der Waals surface area contributed by atoms with Crippen molar-refractivity contribution in [3.05, 3.63) is 41.3 Å². The zero-order valence-corrected chi connectivity index (χ0v) is 11.9. The highest BCUT2D eigenvalue weighted by Crippen LogP contribution is 2.24. The first-order valence-corrected chi connectivity index (χ1v) is 6.61. The van der Waals surface area contributed by atoms with Crippen molar-refractivity contribution in [2.75, 3.05) is 11.9 Å². The maximum absolute atomic E-state index is 13.7. The Kier molecular flexibility index (Phi) is 4.50. The summed E-state index contributed by atoms with van der Waals surface area (Å²) in [5, 5.41) is 3.00. The molecular formula is C15H18FN3O. The van der Waals surface area contributed by atoms with Gasteiger partial charge in [0.15, 0.2) is 0 Å². The van der Waals surface area contributed by atoms with Crippen molar-refractivity contribution in [3.63, 3.8) is 0 Å². The molecule has 2 rings (SSSR count). The van der Waals surface area contributed by atoms with Crippen molar-refractivity contribution in [1.82, 2.24) is 9.97 Å². The largest absolute Gasteiger partial charge is 0.436 e. The fraction of sp³-hybridized carbons (Fsp3) is 0.333. The van der Waals surface area contributed by atoms with Crippen LogP contribution in [0.25, 0.3) is 0 Å². The van der Waals surface area contributed by atoms with Crippen LogP contribution in [0.5, 0.6) is 11.6 Å². The van der Waals surface area contributed by atoms with Gasteiger partial charge in [0.2, 0.25) is 11.8 Å². The lowest BCUT2D eigenvalue weighted by atomic mass is 10.1. The van der Waals surface area contributed by atoms with E-state index in [0.29, 0.717) is 11.7 Å². The topological polar surface area (TPSA) is 47.0 Å². The number of benzene rings is 1. The average Bonchev–Trinajstić information content (AvgIpc) is 2.44. The predicted octanol–water partition coefficient (Wildman–Crippen LogP) is 3.85. The van der Waals surface area contributed by atoms with Gasteiger partial charge in [-0.1, -0.05) is 13.0 Å². The van der Waals surface area contributed by atoms with Crippen molar-refractivity contribution in [2.24, 2.45) is 0 Å². The van der Waals surface area contributed by atoms with Crippen molar-refractivity contribution in [1.29, 1.82) is 0 Å². The normalized spacial score (nSPS) is 10.4. The van der Waals surface area contributed by atoms with Crippen molar-refractivity contribution in [3.8, 4) is 11.6 Å². The monoisotopic (exact) mass is 275 g/mol. The molecule has 1 N–H and O–H groups in total. The molecule has 0 atom stereocenters. The maximum atomic E-state index is 13.7. The summed E-state index contributed by atoms with van der Waals surface area (Å²) >= 11 is 0. The van der Waals surface area contributed by atoms with Crippen LogP contribution in [-0.4, -0.2) is 16.5 Å². The fourth-order valence-electron chi connectivity index (χ4n) is 1.63. The molecule has 1 heterocycles. The molecule has 0 saturated carbocycles. The third-order valence-electron chi connectivity index (χ3n) is 2.94. The number of nitrogens with zero attached hydrogens (tertiary/aromatic N) is 2. The number of ether oxygens (including phenoxy) is 1. The van der Waals surface area contributed by atoms with E-state index in [-0.39, 0.29) is 5.88 Å². The second kappa shape index (κ2) is 6.32. The van der Waals surface area contributed by atoms with Gasteiger partial charge in [-0.15, -0.1) is 0 Å². The Hall–Kier alpha value is -2.17. The molecule has 106 valence electrons. The third kappa shape index (κ3) is 3.44. The highest BCUT2D eigenvalue weighted by atomic mass is 19.1. The maximum Gasteiger partial charge on any atom is 0.260 e. The summed E-state index contributed by atoms with van der Waals surface area (Å²) in [6.45, 7) is 6.75. The Labute approximate surface area is 118 Å². The quantitative estimate of drug-likeness (QED) is 0.900. The molecule has 0 spiro atoms. The van der Waals surface area contributed by atoms with E-state index in [4.69, 9.17) is 4.74 Å². The van der Waals surface area contributed by atoms with E-state index in [9.17, 15) is 4.39 Å². The van der Waals surface area contributed by atoms with Crippen LogP contribution in [0.2, 0.25) is 0 Å². The van der Waals surface area contributed by atoms with E-state index in [1.54, 1.807) is 6.07 Å². The van der Waals surface area contributed by atoms with E-state index < -0.39 is 5.82 Å². The summed E-state index contributed by atoms with van der Waals surface area (Å²) in [6.07, 6.45) is 2.05. The Morgan fingerprint density at radius 2 is 2.05 bits per heavy atom. The Morgan fingerprint density at radius 3 is 2.75 bits per heavy atom. The predicted molar refractivity (Wildman–Crippen MR) is 76.8 cm³/mol. The smallest absolute Gasteiger partial charge is 0.260 e. The molecule has 0 amide bonds. The van der Waals surface area contributed by atoms with Crippen LogP contribution in [0.3, 0.4) is 0 Å². The molecule has 0 aliphatic heterocycles. The fourth-order valence-corrected chi connectivity index (χ4v) is 1.63. The molecule has 1 aromatic heterocycles. The van der Waals surface area contributed by atoms with Crippen LogP contribution >= 0.6 is 0 Å². The van der Waals surface area contributed by atoms with Gasteiger partial charge in [0.25, 0.3) is 5.88 Å². The molecule has 0 unspecified atom stereocenters. The molecule has 2 aromatic rings. The molecule has 0 radical (unpaired) electrons. The highest BCUT2D eigenvalue weighted by Gasteiger charge is 2.09. The molecule has 0 saturated heterocycles. The molecule has 5 heteroatoms. The summed E-state index contributed by atoms with van der Waals surface area (Å²) in [5.74, 6) is 0.284. The summed E-state index contributed by atoms with van der Waals surface area (Å²) in [4.78, 5) is 7.91. The Bertz CT molecular complexity index is 602. The van der Waals surface area contributed by atoms with E-state index in [2.05, 4.69) is 15.3 Å². The van der Waals surface area contributed by atoms with E-state index in [1.165, 1.54) is 0 Å². The van der Waals surface area contributed by atoms with Gasteiger partial charge in [-0.05, 0) is 43.5 Å². The minimum absolute atomic E-state index is 0.0677. The van der Waals surface area contributed by atoms with Crippen LogP contribution < -0.4 is 10.1 Å². The minimum atomic E-state index is -0.578. The number of anilines is 1. The van der Waals surface area contributed by atoms with Gasteiger partial charge in [-0.3, -0.25) is 0 Å². The Morgan fingerprint density at radius 1 is 1.25 bits per heavy atom. The first-order chi connectivity index (χ1) is 9.60. The lowest BCUT2D eigenvalue weighted by Crippen LogP contribution is -2.05. The molecule has 20 heavy (non-hydrogen) atoms. The van der Waals surface area contributed by atoms with Crippen LogP contribution in [0.15, 0.2) is 24.4 Å². The number of hydrogen-bond acceptors (Lipinski definition) is 4. The standard InChI is InChI=1S/C15H18FN3O/c1-4-7-17-15-18-9-13(16)14(19-15)20-12-6-5-10(2)11(3)8-12/h5-6,8-9H,4,7H2,1-3H3,(H,17,18,19). The lowest BCUT2D eigenvalue weighted by molar-refractivity contribution is 0.420. The van der Waals surface area contributed by atoms with Gasteiger partial charge in [0.1, 0.15) is 5.75 Å². The Balaban J connectivity index is 2.20. The molecule has 1 aromatic carbocycles. The summed E-state index contributed by atoms with van der Waals surface area (Å²) in [5.41, 5.74) is 2.24. The van der Waals surface area contributed by atoms with Crippen LogP contribution in [0.4, 0.5) is 10.3 Å². The van der Waals surface area contributed by atoms with E-state index in [0.717, 1.165) is 30.3 Å². The zero-order chi connectivity index (χ0) is 14.5. The second-order valence-electron chi connectivity index (χ2n) is 4.62. The van der Waals surface area contributed by atoms with Gasteiger partial charge in [-0.25, -0.2) is 4.98 Å². The highest BCUT2D eigenvalue weighted by molar-refractivity contribution is 5.37. The minimum Gasteiger partial charge on any atom is -0.436 e. The van der Waals surface area contributed by atoms with Gasteiger partial charge in [0.05, 0.1) is 6.20 Å². The van der Waals surface area contributed by atoms with E-state index >= 15 is 0 Å². The summed E-state index contributed by atoms with van der Waals surface area (Å²) in [7, 11) is 0. The van der Waals surface area contributed by atoms with Crippen molar-refractivity contribution < 1.29 is 9.13 Å². The molecule has 0 bridgehead atoms. The van der Waals surface area contributed by atoms with Crippen LogP contribution in [0.1, 0.15) is 24.5 Å². The van der Waals surface area contributed by atoms with Gasteiger partial charge >= 0.3 is 0 Å². The molecule has 4 nitrogen and oxygen atoms in total. The second-order valence-corrected chi connectivity index (χ2v) is 4.62. The van der Waals surface area contributed by atoms with E-state index in [1.807, 2.05) is 32.9 Å². The molecular weight excluding hydrogens is 257 g/mol. The number of aromatic nitrogens is 2. The number of aryl methyl sites for hydroxylation is 2. The lowest BCUT2D eigenvalue weighted by Gasteiger charge is -2.09. The summed E-state index contributed by atoms with van der Waals surface area (Å²) < 4.78 is 19.2. The van der Waals surface area contributed by atoms with Crippen molar-refractivity contribution >= 4 is 5.95 Å². The number of hydrogen-bond donors (Lipinski definition) is 1. The van der Waals surface area contributed by atoms with Crippen LogP contribution in [0, 0.1) is 19.7 Å². The first kappa shape index (κ1) is 14.2. The average molecular weight is 275 g/mol. The number of rotatable bonds is 5.